The first kappa shape index (κ1) is 14.7. The Labute approximate surface area is 108 Å². The number of carbonyl (C=O) groups excluding carboxylic acids is 1. The van der Waals surface area contributed by atoms with Crippen LogP contribution >= 0.6 is 0 Å². The normalized spacial score (nSPS) is 11.9. The largest absolute Gasteiger partial charge is 0.384 e. The Morgan fingerprint density at radius 1 is 1.56 bits per heavy atom. The van der Waals surface area contributed by atoms with E-state index in [-0.39, 0.29) is 17.2 Å². The molecule has 1 heterocycles. The first-order valence-corrected chi connectivity index (χ1v) is 6.08. The second-order valence-electron chi connectivity index (χ2n) is 5.44. The summed E-state index contributed by atoms with van der Waals surface area (Å²) < 4.78 is 12.4. The summed E-state index contributed by atoms with van der Waals surface area (Å²) in [6.45, 7) is 8.39. The number of anilines is 1. The number of nitrogens with one attached hydrogen (secondary N) is 1. The molecule has 1 N–H and O–H groups in total. The number of rotatable bonds is 5. The number of ether oxygens (including phenoxy) is 1. The molecule has 0 saturated carbocycles. The molecular formula is C13H23N2O3+. The van der Waals surface area contributed by atoms with Crippen LogP contribution in [-0.4, -0.2) is 19.6 Å². The van der Waals surface area contributed by atoms with Crippen molar-refractivity contribution in [3.8, 4) is 0 Å². The van der Waals surface area contributed by atoms with E-state index in [2.05, 4.69) is 19.2 Å². The molecule has 0 spiro atoms. The Kier molecular flexibility index (Phi) is 4.51. The van der Waals surface area contributed by atoms with Crippen molar-refractivity contribution in [2.75, 3.05) is 19.0 Å². The van der Waals surface area contributed by atoms with E-state index < -0.39 is 0 Å². The van der Waals surface area contributed by atoms with Crippen LogP contribution in [0.25, 0.3) is 0 Å². The number of carbonyl (C=O) groups is 1. The van der Waals surface area contributed by atoms with Crippen LogP contribution in [-0.2, 0) is 22.0 Å². The number of amides is 1. The van der Waals surface area contributed by atoms with Crippen molar-refractivity contribution < 1.29 is 18.8 Å². The number of hydrogen-bond donors (Lipinski definition) is 1. The van der Waals surface area contributed by atoms with Crippen LogP contribution < -0.4 is 10.1 Å². The summed E-state index contributed by atoms with van der Waals surface area (Å²) in [6.07, 6.45) is 0. The highest BCUT2D eigenvalue weighted by Crippen LogP contribution is 2.23. The van der Waals surface area contributed by atoms with Gasteiger partial charge in [0.2, 0.25) is 11.6 Å². The topological polar surface area (TPSA) is 55.4 Å². The molecule has 1 rings (SSSR count). The Hall–Kier alpha value is -1.36. The van der Waals surface area contributed by atoms with Gasteiger partial charge in [0.05, 0.1) is 18.1 Å². The number of nitrogens with zero attached hydrogens (tertiary/aromatic N) is 1. The maximum atomic E-state index is 11.6. The van der Waals surface area contributed by atoms with Crippen molar-refractivity contribution in [3.63, 3.8) is 0 Å². The van der Waals surface area contributed by atoms with Gasteiger partial charge in [0.25, 0.3) is 5.88 Å². The van der Waals surface area contributed by atoms with Gasteiger partial charge in [-0.25, -0.2) is 4.52 Å². The number of hydrogen-bond acceptors (Lipinski definition) is 3. The van der Waals surface area contributed by atoms with Crippen molar-refractivity contribution >= 4 is 11.8 Å². The average molecular weight is 255 g/mol. The number of aromatic nitrogens is 1. The highest BCUT2D eigenvalue weighted by molar-refractivity contribution is 5.90. The fraction of sp³-hybridized carbons (Fsp3) is 0.692. The molecule has 0 aliphatic carbocycles. The van der Waals surface area contributed by atoms with Crippen LogP contribution in [0.1, 0.15) is 33.4 Å². The molecule has 0 aromatic carbocycles. The van der Waals surface area contributed by atoms with Gasteiger partial charge in [-0.1, -0.05) is 13.8 Å². The summed E-state index contributed by atoms with van der Waals surface area (Å²) >= 11 is 0. The van der Waals surface area contributed by atoms with Crippen molar-refractivity contribution in [1.82, 2.24) is 0 Å². The van der Waals surface area contributed by atoms with Crippen LogP contribution in [0.3, 0.4) is 0 Å². The highest BCUT2D eigenvalue weighted by atomic mass is 16.5. The van der Waals surface area contributed by atoms with Crippen LogP contribution in [0.2, 0.25) is 0 Å². The van der Waals surface area contributed by atoms with Crippen LogP contribution in [0, 0.1) is 5.92 Å². The molecule has 0 atom stereocenters. The van der Waals surface area contributed by atoms with Crippen LogP contribution in [0.4, 0.5) is 5.88 Å². The molecule has 1 aromatic heterocycles. The Morgan fingerprint density at radius 2 is 2.17 bits per heavy atom. The molecule has 1 amide bonds. The van der Waals surface area contributed by atoms with Crippen molar-refractivity contribution in [1.29, 1.82) is 0 Å². The monoisotopic (exact) mass is 255 g/mol. The van der Waals surface area contributed by atoms with E-state index in [9.17, 15) is 4.79 Å². The second kappa shape index (κ2) is 5.52. The molecule has 0 aliphatic heterocycles. The lowest BCUT2D eigenvalue weighted by Gasteiger charge is -2.16. The molecule has 18 heavy (non-hydrogen) atoms. The van der Waals surface area contributed by atoms with E-state index in [1.165, 1.54) is 0 Å². The van der Waals surface area contributed by atoms with E-state index in [0.717, 1.165) is 5.69 Å². The summed E-state index contributed by atoms with van der Waals surface area (Å²) in [7, 11) is 3.49. The van der Waals surface area contributed by atoms with E-state index in [1.54, 1.807) is 11.8 Å². The first-order chi connectivity index (χ1) is 8.27. The van der Waals surface area contributed by atoms with Gasteiger partial charge in [-0.05, 0) is 18.6 Å². The summed E-state index contributed by atoms with van der Waals surface area (Å²) in [5.74, 6) is 0.340. The molecule has 0 bridgehead atoms. The standard InChI is InChI=1S/C13H22N2O3/c1-9(2)12(16)14-11-7-10(15(5)18-11)13(3,4)8-17-6/h7,9H,8H2,1-6H3/p+1. The molecule has 0 unspecified atom stereocenters. The minimum absolute atomic E-state index is 0.0551. The van der Waals surface area contributed by atoms with E-state index in [4.69, 9.17) is 9.26 Å². The quantitative estimate of drug-likeness (QED) is 0.813. The molecule has 102 valence electrons. The number of methoxy groups -OCH3 is 1. The van der Waals surface area contributed by atoms with Crippen molar-refractivity contribution in [3.05, 3.63) is 11.8 Å². The maximum absolute atomic E-state index is 11.6. The van der Waals surface area contributed by atoms with Gasteiger partial charge >= 0.3 is 0 Å². The molecule has 0 saturated heterocycles. The Balaban J connectivity index is 2.91. The zero-order valence-corrected chi connectivity index (χ0v) is 12.0. The van der Waals surface area contributed by atoms with Crippen molar-refractivity contribution in [2.45, 2.75) is 33.1 Å². The Bertz CT molecular complexity index is 422. The van der Waals surface area contributed by atoms with E-state index >= 15 is 0 Å². The minimum atomic E-state index is -0.173. The van der Waals surface area contributed by atoms with E-state index in [0.29, 0.717) is 12.5 Å². The summed E-state index contributed by atoms with van der Waals surface area (Å²) in [4.78, 5) is 11.6. The summed E-state index contributed by atoms with van der Waals surface area (Å²) in [6, 6.07) is 1.85. The summed E-state index contributed by atoms with van der Waals surface area (Å²) in [5.41, 5.74) is 0.803. The summed E-state index contributed by atoms with van der Waals surface area (Å²) in [5, 5.41) is 2.75. The second-order valence-corrected chi connectivity index (χ2v) is 5.44. The van der Waals surface area contributed by atoms with Gasteiger partial charge in [0.1, 0.15) is 0 Å². The third-order valence-electron chi connectivity index (χ3n) is 2.81. The molecular weight excluding hydrogens is 232 g/mol. The van der Waals surface area contributed by atoms with Crippen LogP contribution in [0.5, 0.6) is 0 Å². The molecule has 0 radical (unpaired) electrons. The van der Waals surface area contributed by atoms with Gasteiger partial charge in [-0.2, -0.15) is 0 Å². The third kappa shape index (κ3) is 3.32. The fourth-order valence-electron chi connectivity index (χ4n) is 1.82. The lowest BCUT2D eigenvalue weighted by atomic mass is 9.90. The lowest BCUT2D eigenvalue weighted by molar-refractivity contribution is -0.850. The highest BCUT2D eigenvalue weighted by Gasteiger charge is 2.33. The predicted molar refractivity (Wildman–Crippen MR) is 68.3 cm³/mol. The molecule has 5 heteroatoms. The molecule has 0 aliphatic rings. The third-order valence-corrected chi connectivity index (χ3v) is 2.81. The van der Waals surface area contributed by atoms with Gasteiger partial charge < -0.3 is 4.74 Å². The van der Waals surface area contributed by atoms with Crippen molar-refractivity contribution in [2.24, 2.45) is 13.0 Å². The fourth-order valence-corrected chi connectivity index (χ4v) is 1.82. The molecule has 1 aromatic rings. The SMILES string of the molecule is COCC(C)(C)c1cc(NC(=O)C(C)C)o[n+]1C. The van der Waals surface area contributed by atoms with Gasteiger partial charge in [0.15, 0.2) is 7.05 Å². The molecule has 5 nitrogen and oxygen atoms in total. The zero-order chi connectivity index (χ0) is 13.9. The van der Waals surface area contributed by atoms with Gasteiger partial charge in [-0.15, -0.1) is 0 Å². The predicted octanol–water partition coefficient (Wildman–Crippen LogP) is 1.62. The Morgan fingerprint density at radius 3 is 2.67 bits per heavy atom. The van der Waals surface area contributed by atoms with E-state index in [1.807, 2.05) is 27.0 Å². The lowest BCUT2D eigenvalue weighted by Crippen LogP contribution is -2.40. The average Bonchev–Trinajstić information content (AvgIpc) is 2.59. The maximum Gasteiger partial charge on any atom is 0.282 e. The smallest absolute Gasteiger partial charge is 0.282 e. The molecule has 0 fully saturated rings. The van der Waals surface area contributed by atoms with Crippen LogP contribution in [0.15, 0.2) is 10.6 Å². The van der Waals surface area contributed by atoms with Gasteiger partial charge in [-0.3, -0.25) is 10.1 Å². The minimum Gasteiger partial charge on any atom is -0.384 e. The number of aryl methyl sites for hydroxylation is 1. The zero-order valence-electron chi connectivity index (χ0n) is 12.0. The first-order valence-electron chi connectivity index (χ1n) is 6.08. The van der Waals surface area contributed by atoms with Gasteiger partial charge in [0, 0.05) is 13.0 Å².